The lowest BCUT2D eigenvalue weighted by Gasteiger charge is -2.10. The summed E-state index contributed by atoms with van der Waals surface area (Å²) in [6, 6.07) is 9.69. The number of pyridine rings is 1. The zero-order valence-corrected chi connectivity index (χ0v) is 23.0. The third-order valence-electron chi connectivity index (χ3n) is 7.01. The Morgan fingerprint density at radius 2 is 1.73 bits per heavy atom. The van der Waals surface area contributed by atoms with Gasteiger partial charge in [-0.1, -0.05) is 75.3 Å². The highest BCUT2D eigenvalue weighted by atomic mass is 32.2. The molecule has 2 N–H and O–H groups in total. The number of carbonyl (C=O) groups excluding carboxylic acids is 1. The van der Waals surface area contributed by atoms with E-state index in [9.17, 15) is 13.2 Å². The molecule has 0 saturated heterocycles. The Hall–Kier alpha value is -2.71. The van der Waals surface area contributed by atoms with E-state index in [0.717, 1.165) is 48.8 Å². The quantitative estimate of drug-likeness (QED) is 0.244. The second-order valence-corrected chi connectivity index (χ2v) is 12.0. The number of aromatic nitrogens is 1. The molecule has 8 heteroatoms. The molecule has 200 valence electrons. The number of nitrogens with one attached hydrogen (secondary N) is 2. The van der Waals surface area contributed by atoms with Gasteiger partial charge in [0.2, 0.25) is 15.7 Å². The summed E-state index contributed by atoms with van der Waals surface area (Å²) in [7, 11) is -1.96. The van der Waals surface area contributed by atoms with Crippen LogP contribution < -0.4 is 10.0 Å². The van der Waals surface area contributed by atoms with Gasteiger partial charge in [-0.15, -0.1) is 0 Å². The van der Waals surface area contributed by atoms with Crippen molar-refractivity contribution in [3.63, 3.8) is 0 Å². The molecule has 1 aliphatic carbocycles. The van der Waals surface area contributed by atoms with E-state index in [1.165, 1.54) is 25.7 Å². The lowest BCUT2D eigenvalue weighted by atomic mass is 10.0. The van der Waals surface area contributed by atoms with Crippen LogP contribution in [0.15, 0.2) is 34.7 Å². The van der Waals surface area contributed by atoms with Gasteiger partial charge in [-0.2, -0.15) is 0 Å². The average Bonchev–Trinajstić information content (AvgIpc) is 3.65. The summed E-state index contributed by atoms with van der Waals surface area (Å²) >= 11 is 0. The molecule has 7 nitrogen and oxygen atoms in total. The number of unbranched alkanes of at least 4 members (excludes halogenated alkanes) is 6. The van der Waals surface area contributed by atoms with Crippen molar-refractivity contribution in [2.45, 2.75) is 83.3 Å². The molecule has 2 aromatic heterocycles. The predicted molar refractivity (Wildman–Crippen MR) is 148 cm³/mol. The molecule has 4 rings (SSSR count). The van der Waals surface area contributed by atoms with E-state index in [-0.39, 0.29) is 23.3 Å². The van der Waals surface area contributed by atoms with Crippen LogP contribution in [-0.4, -0.2) is 32.9 Å². The average molecular weight is 526 g/mol. The van der Waals surface area contributed by atoms with E-state index < -0.39 is 10.0 Å². The molecule has 0 aliphatic heterocycles. The van der Waals surface area contributed by atoms with Crippen molar-refractivity contribution in [2.75, 3.05) is 13.6 Å². The number of nitrogens with zero attached hydrogens (tertiary/aromatic N) is 1. The van der Waals surface area contributed by atoms with Crippen molar-refractivity contribution in [3.8, 4) is 11.3 Å². The van der Waals surface area contributed by atoms with Crippen molar-refractivity contribution in [3.05, 3.63) is 52.7 Å². The molecule has 1 saturated carbocycles. The maximum Gasteiger partial charge on any atom is 0.255 e. The molecule has 1 aromatic carbocycles. The highest BCUT2D eigenvalue weighted by Crippen LogP contribution is 2.44. The van der Waals surface area contributed by atoms with E-state index in [1.807, 2.05) is 37.3 Å². The smallest absolute Gasteiger partial charge is 0.255 e. The third kappa shape index (κ3) is 6.99. The Morgan fingerprint density at radius 1 is 1.05 bits per heavy atom. The molecule has 0 radical (unpaired) electrons. The Balaban J connectivity index is 1.56. The highest BCUT2D eigenvalue weighted by molar-refractivity contribution is 7.88. The van der Waals surface area contributed by atoms with Crippen LogP contribution in [0.1, 0.15) is 97.8 Å². The molecule has 0 spiro atoms. The van der Waals surface area contributed by atoms with Gasteiger partial charge in [-0.3, -0.25) is 4.79 Å². The summed E-state index contributed by atoms with van der Waals surface area (Å²) < 4.78 is 34.8. The highest BCUT2D eigenvalue weighted by Gasteiger charge is 2.31. The Kier molecular flexibility index (Phi) is 9.03. The van der Waals surface area contributed by atoms with Gasteiger partial charge in [0.1, 0.15) is 11.5 Å². The zero-order valence-electron chi connectivity index (χ0n) is 22.2. The Morgan fingerprint density at radius 3 is 2.38 bits per heavy atom. The van der Waals surface area contributed by atoms with Crippen molar-refractivity contribution in [1.29, 1.82) is 0 Å². The fourth-order valence-electron chi connectivity index (χ4n) is 4.74. The first-order valence-electron chi connectivity index (χ1n) is 13.6. The molecular formula is C29H39N3O4S. The number of benzene rings is 1. The topological polar surface area (TPSA) is 101 Å². The molecule has 37 heavy (non-hydrogen) atoms. The van der Waals surface area contributed by atoms with Gasteiger partial charge in [0.15, 0.2) is 0 Å². The predicted octanol–water partition coefficient (Wildman–Crippen LogP) is 6.21. The molecule has 3 aromatic rings. The number of carbonyl (C=O) groups is 1. The number of hydrogen-bond donors (Lipinski definition) is 2. The molecule has 0 unspecified atom stereocenters. The summed E-state index contributed by atoms with van der Waals surface area (Å²) in [5, 5.41) is 3.33. The lowest BCUT2D eigenvalue weighted by molar-refractivity contribution is 0.0964. The van der Waals surface area contributed by atoms with Crippen molar-refractivity contribution >= 4 is 27.0 Å². The number of aryl methyl sites for hydroxylation is 1. The second kappa shape index (κ2) is 12.2. The van der Waals surface area contributed by atoms with Gasteiger partial charge in [0.25, 0.3) is 5.91 Å². The molecule has 1 fully saturated rings. The second-order valence-electron chi connectivity index (χ2n) is 10.2. The number of sulfonamides is 1. The number of rotatable bonds is 14. The SMILES string of the molecule is CCCCCCCCCNS(=O)(=O)Cc1nc2oc(-c3ccc(C)cc3)c(C(=O)NC)c2cc1C1CC1. The van der Waals surface area contributed by atoms with E-state index >= 15 is 0 Å². The minimum atomic E-state index is -3.55. The maximum atomic E-state index is 12.9. The number of hydrogen-bond acceptors (Lipinski definition) is 5. The largest absolute Gasteiger partial charge is 0.437 e. The van der Waals surface area contributed by atoms with Crippen molar-refractivity contribution in [2.24, 2.45) is 0 Å². The van der Waals surface area contributed by atoms with Gasteiger partial charge in [-0.25, -0.2) is 18.1 Å². The molecule has 0 bridgehead atoms. The standard InChI is InChI=1S/C29H39N3O4S/c1-4-5-6-7-8-9-10-17-31-37(34,35)19-25-23(21-15-16-21)18-24-26(28(33)30-3)27(36-29(24)32-25)22-13-11-20(2)12-14-22/h11-14,18,21,31H,4-10,15-17,19H2,1-3H3,(H,30,33). The molecular weight excluding hydrogens is 486 g/mol. The third-order valence-corrected chi connectivity index (χ3v) is 8.31. The van der Waals surface area contributed by atoms with Gasteiger partial charge in [0.05, 0.1) is 16.6 Å². The summed E-state index contributed by atoms with van der Waals surface area (Å²) in [4.78, 5) is 17.6. The van der Waals surface area contributed by atoms with Crippen molar-refractivity contribution < 1.29 is 17.6 Å². The van der Waals surface area contributed by atoms with Crippen LogP contribution in [-0.2, 0) is 15.8 Å². The fourth-order valence-corrected chi connectivity index (χ4v) is 5.89. The zero-order chi connectivity index (χ0) is 26.4. The Labute approximate surface area is 220 Å². The number of amides is 1. The van der Waals surface area contributed by atoms with Crippen molar-refractivity contribution in [1.82, 2.24) is 15.0 Å². The number of furan rings is 1. The molecule has 1 aliphatic rings. The fraction of sp³-hybridized carbons (Fsp3) is 0.517. The minimum absolute atomic E-state index is 0.193. The summed E-state index contributed by atoms with van der Waals surface area (Å²) in [5.74, 6) is 0.261. The van der Waals surface area contributed by atoms with Crippen LogP contribution >= 0.6 is 0 Å². The monoisotopic (exact) mass is 525 g/mol. The van der Waals surface area contributed by atoms with Crippen LogP contribution in [0.4, 0.5) is 0 Å². The first-order chi connectivity index (χ1) is 17.8. The first kappa shape index (κ1) is 27.3. The van der Waals surface area contributed by atoms with E-state index in [0.29, 0.717) is 28.9 Å². The van der Waals surface area contributed by atoms with Gasteiger partial charge in [-0.05, 0) is 43.7 Å². The van der Waals surface area contributed by atoms with E-state index in [4.69, 9.17) is 4.42 Å². The maximum absolute atomic E-state index is 12.9. The minimum Gasteiger partial charge on any atom is -0.437 e. The lowest BCUT2D eigenvalue weighted by Crippen LogP contribution is -2.27. The molecule has 0 atom stereocenters. The first-order valence-corrected chi connectivity index (χ1v) is 15.2. The van der Waals surface area contributed by atoms with Crippen LogP contribution in [0, 0.1) is 6.92 Å². The van der Waals surface area contributed by atoms with Gasteiger partial charge in [0, 0.05) is 19.2 Å². The normalized spacial score (nSPS) is 13.8. The summed E-state index contributed by atoms with van der Waals surface area (Å²) in [6.45, 7) is 4.64. The summed E-state index contributed by atoms with van der Waals surface area (Å²) in [6.07, 6.45) is 9.93. The molecule has 2 heterocycles. The Bertz CT molecular complexity index is 1330. The van der Waals surface area contributed by atoms with E-state index in [1.54, 1.807) is 7.05 Å². The van der Waals surface area contributed by atoms with Crippen LogP contribution in [0.2, 0.25) is 0 Å². The number of fused-ring (bicyclic) bond motifs is 1. The van der Waals surface area contributed by atoms with E-state index in [2.05, 4.69) is 21.9 Å². The van der Waals surface area contributed by atoms with Gasteiger partial charge < -0.3 is 9.73 Å². The van der Waals surface area contributed by atoms with Gasteiger partial charge >= 0.3 is 0 Å². The van der Waals surface area contributed by atoms with Crippen LogP contribution in [0.5, 0.6) is 0 Å². The van der Waals surface area contributed by atoms with Crippen LogP contribution in [0.25, 0.3) is 22.4 Å². The summed E-state index contributed by atoms with van der Waals surface area (Å²) in [5.41, 5.74) is 4.01. The van der Waals surface area contributed by atoms with Crippen LogP contribution in [0.3, 0.4) is 0 Å². The molecule has 1 amide bonds.